The van der Waals surface area contributed by atoms with E-state index in [9.17, 15) is 9.59 Å². The average Bonchev–Trinajstić information content (AvgIpc) is 2.83. The molecule has 2 aromatic rings. The van der Waals surface area contributed by atoms with Gasteiger partial charge in [0, 0.05) is 22.7 Å². The van der Waals surface area contributed by atoms with E-state index in [-0.39, 0.29) is 5.91 Å². The number of nitrogens with one attached hydrogen (secondary N) is 2. The van der Waals surface area contributed by atoms with Gasteiger partial charge in [0.2, 0.25) is 0 Å². The Kier molecular flexibility index (Phi) is 8.42. The van der Waals surface area contributed by atoms with E-state index < -0.39 is 29.3 Å². The minimum Gasteiger partial charge on any atom is -0.444 e. The molecule has 0 bridgehead atoms. The highest BCUT2D eigenvalue weighted by atomic mass is 16.6. The Labute approximate surface area is 233 Å². The quantitative estimate of drug-likeness (QED) is 0.417. The number of nitrogens with two attached hydrogens (primary N) is 1. The summed E-state index contributed by atoms with van der Waals surface area (Å²) in [5.74, 6) is 9.04. The normalized spacial score (nSPS) is 21.6. The van der Waals surface area contributed by atoms with E-state index in [0.29, 0.717) is 5.56 Å². The molecule has 0 spiro atoms. The zero-order valence-corrected chi connectivity index (χ0v) is 24.1. The molecule has 4 N–H and O–H groups in total. The number of benzene rings is 2. The second-order valence-electron chi connectivity index (χ2n) is 12.9. The molecule has 6 nitrogen and oxygen atoms in total. The summed E-state index contributed by atoms with van der Waals surface area (Å²) in [5, 5.41) is 5.83. The first kappa shape index (κ1) is 28.7. The standard InChI is InChI=1S/C33H43N3O3/c1-21(34)29(33(5,6)36-31(38)39-32(2,3)4)35-30(37)25-15-13-23(14-16-25)8-7-22-9-11-24(12-10-22)19-27-20-26-17-18-28(26)27/h9-16,21,26-29H,17-20,34H2,1-6H3,(H,35,37)(H,36,38). The lowest BCUT2D eigenvalue weighted by Gasteiger charge is -2.53. The van der Waals surface area contributed by atoms with Crippen LogP contribution >= 0.6 is 0 Å². The first-order chi connectivity index (χ1) is 18.3. The van der Waals surface area contributed by atoms with Crippen molar-refractivity contribution in [3.05, 3.63) is 70.8 Å². The molecule has 2 fully saturated rings. The summed E-state index contributed by atoms with van der Waals surface area (Å²) < 4.78 is 5.38. The number of carbonyl (C=O) groups excluding carboxylic acids is 2. The highest BCUT2D eigenvalue weighted by Gasteiger charge is 2.46. The highest BCUT2D eigenvalue weighted by molar-refractivity contribution is 5.94. The number of carbonyl (C=O) groups is 2. The van der Waals surface area contributed by atoms with Crippen molar-refractivity contribution in [2.75, 3.05) is 0 Å². The van der Waals surface area contributed by atoms with Gasteiger partial charge in [0.1, 0.15) is 5.60 Å². The topological polar surface area (TPSA) is 93.5 Å². The van der Waals surface area contributed by atoms with Crippen molar-refractivity contribution >= 4 is 12.0 Å². The maximum absolute atomic E-state index is 13.0. The fraction of sp³-hybridized carbons (Fsp3) is 0.515. The summed E-state index contributed by atoms with van der Waals surface area (Å²) in [5.41, 5.74) is 8.44. The zero-order chi connectivity index (χ0) is 28.4. The summed E-state index contributed by atoms with van der Waals surface area (Å²) in [6, 6.07) is 14.8. The molecule has 6 heteroatoms. The Morgan fingerprint density at radius 3 is 2.03 bits per heavy atom. The Morgan fingerprint density at radius 2 is 1.56 bits per heavy atom. The molecular weight excluding hydrogens is 486 g/mol. The van der Waals surface area contributed by atoms with Gasteiger partial charge in [-0.3, -0.25) is 4.79 Å². The summed E-state index contributed by atoms with van der Waals surface area (Å²) >= 11 is 0. The van der Waals surface area contributed by atoms with Gasteiger partial charge in [-0.1, -0.05) is 24.0 Å². The summed E-state index contributed by atoms with van der Waals surface area (Å²) in [6.45, 7) is 10.8. The van der Waals surface area contributed by atoms with Crippen molar-refractivity contribution in [2.45, 2.75) is 90.4 Å². The number of hydrogen-bond donors (Lipinski definition) is 3. The second kappa shape index (κ2) is 11.4. The zero-order valence-electron chi connectivity index (χ0n) is 24.1. The van der Waals surface area contributed by atoms with Crippen molar-refractivity contribution in [3.8, 4) is 11.8 Å². The predicted octanol–water partition coefficient (Wildman–Crippen LogP) is 5.42. The average molecular weight is 530 g/mol. The highest BCUT2D eigenvalue weighted by Crippen LogP contribution is 2.55. The Balaban J connectivity index is 1.33. The third-order valence-electron chi connectivity index (χ3n) is 8.05. The smallest absolute Gasteiger partial charge is 0.408 e. The van der Waals surface area contributed by atoms with Gasteiger partial charge >= 0.3 is 6.09 Å². The first-order valence-electron chi connectivity index (χ1n) is 14.1. The molecule has 0 radical (unpaired) electrons. The summed E-state index contributed by atoms with van der Waals surface area (Å²) in [7, 11) is 0. The van der Waals surface area contributed by atoms with Crippen molar-refractivity contribution in [1.29, 1.82) is 0 Å². The molecule has 2 aliphatic carbocycles. The first-order valence-corrected chi connectivity index (χ1v) is 14.1. The van der Waals surface area contributed by atoms with Crippen LogP contribution in [0.5, 0.6) is 0 Å². The van der Waals surface area contributed by atoms with Gasteiger partial charge in [-0.05, 0) is 127 Å². The fourth-order valence-electron chi connectivity index (χ4n) is 5.82. The number of fused-ring (bicyclic) bond motifs is 1. The summed E-state index contributed by atoms with van der Waals surface area (Å²) in [6.07, 6.45) is 4.91. The monoisotopic (exact) mass is 529 g/mol. The van der Waals surface area contributed by atoms with Crippen LogP contribution in [0.15, 0.2) is 48.5 Å². The molecule has 2 saturated carbocycles. The SMILES string of the molecule is CC(N)C(NC(=O)c1ccc(C#Cc2ccc(CC3CC4CCC43)cc2)cc1)C(C)(C)NC(=O)OC(C)(C)C. The van der Waals surface area contributed by atoms with Crippen molar-refractivity contribution in [3.63, 3.8) is 0 Å². The molecule has 0 saturated heterocycles. The van der Waals surface area contributed by atoms with Crippen LogP contribution in [0.2, 0.25) is 0 Å². The maximum Gasteiger partial charge on any atom is 0.408 e. The number of alkyl carbamates (subject to hydrolysis) is 1. The molecule has 5 atom stereocenters. The van der Waals surface area contributed by atoms with Gasteiger partial charge in [0.15, 0.2) is 0 Å². The predicted molar refractivity (Wildman–Crippen MR) is 155 cm³/mol. The van der Waals surface area contributed by atoms with E-state index in [1.807, 2.05) is 26.0 Å². The Morgan fingerprint density at radius 1 is 0.974 bits per heavy atom. The van der Waals surface area contributed by atoms with Crippen molar-refractivity contribution < 1.29 is 14.3 Å². The van der Waals surface area contributed by atoms with Gasteiger partial charge in [0.25, 0.3) is 5.91 Å². The lowest BCUT2D eigenvalue weighted by molar-refractivity contribution is -0.0244. The molecule has 5 unspecified atom stereocenters. The molecule has 4 rings (SSSR count). The van der Waals surface area contributed by atoms with Crippen LogP contribution in [0.3, 0.4) is 0 Å². The Hall–Kier alpha value is -3.30. The van der Waals surface area contributed by atoms with Crippen LogP contribution < -0.4 is 16.4 Å². The van der Waals surface area contributed by atoms with Crippen LogP contribution in [-0.2, 0) is 11.2 Å². The van der Waals surface area contributed by atoms with Crippen LogP contribution in [0.4, 0.5) is 4.79 Å². The van der Waals surface area contributed by atoms with Crippen LogP contribution in [0, 0.1) is 29.6 Å². The number of ether oxygens (including phenoxy) is 1. The summed E-state index contributed by atoms with van der Waals surface area (Å²) in [4.78, 5) is 25.4. The van der Waals surface area contributed by atoms with Crippen LogP contribution in [0.25, 0.3) is 0 Å². The molecule has 208 valence electrons. The number of hydrogen-bond acceptors (Lipinski definition) is 4. The van der Waals surface area contributed by atoms with E-state index in [2.05, 4.69) is 46.7 Å². The lowest BCUT2D eigenvalue weighted by atomic mass is 9.52. The molecule has 39 heavy (non-hydrogen) atoms. The van der Waals surface area contributed by atoms with Crippen molar-refractivity contribution in [1.82, 2.24) is 10.6 Å². The van der Waals surface area contributed by atoms with E-state index in [0.717, 1.165) is 28.9 Å². The van der Waals surface area contributed by atoms with Crippen LogP contribution in [0.1, 0.15) is 87.9 Å². The number of amides is 2. The third kappa shape index (κ3) is 7.42. The maximum atomic E-state index is 13.0. The molecule has 2 aromatic carbocycles. The lowest BCUT2D eigenvalue weighted by Crippen LogP contribution is -2.64. The molecule has 0 aromatic heterocycles. The largest absolute Gasteiger partial charge is 0.444 e. The van der Waals surface area contributed by atoms with Crippen molar-refractivity contribution in [2.24, 2.45) is 23.5 Å². The van der Waals surface area contributed by atoms with Gasteiger partial charge < -0.3 is 21.1 Å². The van der Waals surface area contributed by atoms with E-state index in [1.165, 1.54) is 31.2 Å². The molecule has 0 heterocycles. The fourth-order valence-corrected chi connectivity index (χ4v) is 5.82. The van der Waals surface area contributed by atoms with E-state index >= 15 is 0 Å². The van der Waals surface area contributed by atoms with Gasteiger partial charge in [-0.25, -0.2) is 4.79 Å². The number of rotatable bonds is 7. The molecular formula is C33H43N3O3. The van der Waals surface area contributed by atoms with Gasteiger partial charge in [-0.15, -0.1) is 0 Å². The minimum atomic E-state index is -0.843. The second-order valence-corrected chi connectivity index (χ2v) is 12.9. The van der Waals surface area contributed by atoms with Gasteiger partial charge in [-0.2, -0.15) is 0 Å². The molecule has 0 aliphatic heterocycles. The third-order valence-corrected chi connectivity index (χ3v) is 8.05. The van der Waals surface area contributed by atoms with E-state index in [4.69, 9.17) is 10.5 Å². The molecule has 2 amide bonds. The van der Waals surface area contributed by atoms with E-state index in [1.54, 1.807) is 39.8 Å². The minimum absolute atomic E-state index is 0.272. The van der Waals surface area contributed by atoms with Crippen LogP contribution in [-0.4, -0.2) is 35.2 Å². The van der Waals surface area contributed by atoms with Gasteiger partial charge in [0.05, 0.1) is 11.6 Å². The Bertz CT molecular complexity index is 1230. The molecule has 2 aliphatic rings.